The van der Waals surface area contributed by atoms with E-state index < -0.39 is 29.3 Å². The summed E-state index contributed by atoms with van der Waals surface area (Å²) in [6.45, 7) is 6.88. The van der Waals surface area contributed by atoms with Gasteiger partial charge in [-0.1, -0.05) is 0 Å². The third-order valence-electron chi connectivity index (χ3n) is 6.60. The van der Waals surface area contributed by atoms with E-state index in [1.807, 2.05) is 0 Å². The Kier molecular flexibility index (Phi) is 8.53. The Labute approximate surface area is 221 Å². The average Bonchev–Trinajstić information content (AvgIpc) is 3.17. The van der Waals surface area contributed by atoms with Crippen LogP contribution >= 0.6 is 0 Å². The van der Waals surface area contributed by atoms with E-state index in [2.05, 4.69) is 4.90 Å². The second kappa shape index (κ2) is 11.8. The van der Waals surface area contributed by atoms with Crippen LogP contribution in [0.4, 0.5) is 4.39 Å². The van der Waals surface area contributed by atoms with Gasteiger partial charge in [0, 0.05) is 37.3 Å². The van der Waals surface area contributed by atoms with E-state index in [1.165, 1.54) is 31.3 Å². The van der Waals surface area contributed by atoms with Crippen LogP contribution in [0, 0.1) is 5.82 Å². The highest BCUT2D eigenvalue weighted by molar-refractivity contribution is 6.46. The van der Waals surface area contributed by atoms with E-state index >= 15 is 0 Å². The fourth-order valence-electron chi connectivity index (χ4n) is 4.71. The van der Waals surface area contributed by atoms with Gasteiger partial charge in [-0.05, 0) is 50.2 Å². The van der Waals surface area contributed by atoms with Crippen molar-refractivity contribution in [3.63, 3.8) is 0 Å². The number of aliphatic hydroxyl groups is 1. The van der Waals surface area contributed by atoms with Gasteiger partial charge < -0.3 is 29.0 Å². The number of ether oxygens (including phenoxy) is 4. The number of amides is 1. The molecule has 2 aromatic rings. The van der Waals surface area contributed by atoms with Gasteiger partial charge in [-0.15, -0.1) is 0 Å². The number of hydrogen-bond acceptors (Lipinski definition) is 8. The molecule has 0 radical (unpaired) electrons. The number of nitrogens with zero attached hydrogens (tertiary/aromatic N) is 2. The molecule has 0 bridgehead atoms. The van der Waals surface area contributed by atoms with Gasteiger partial charge >= 0.3 is 0 Å². The number of morpholine rings is 1. The molecule has 0 saturated carbocycles. The van der Waals surface area contributed by atoms with E-state index in [1.54, 1.807) is 32.0 Å². The number of benzene rings is 2. The van der Waals surface area contributed by atoms with Gasteiger partial charge in [0.05, 0.1) is 45.2 Å². The molecule has 9 nitrogen and oxygen atoms in total. The summed E-state index contributed by atoms with van der Waals surface area (Å²) in [4.78, 5) is 30.3. The highest BCUT2D eigenvalue weighted by atomic mass is 19.1. The fraction of sp³-hybridized carbons (Fsp3) is 0.429. The number of halogens is 1. The molecule has 2 saturated heterocycles. The van der Waals surface area contributed by atoms with Crippen molar-refractivity contribution >= 4 is 17.4 Å². The first-order valence-electron chi connectivity index (χ1n) is 12.5. The van der Waals surface area contributed by atoms with E-state index in [0.29, 0.717) is 49.9 Å². The smallest absolute Gasteiger partial charge is 0.295 e. The molecule has 0 aromatic heterocycles. The molecule has 0 spiro atoms. The molecule has 1 atom stereocenters. The number of rotatable bonds is 9. The molecule has 2 aromatic carbocycles. The van der Waals surface area contributed by atoms with Crippen molar-refractivity contribution in [3.8, 4) is 17.2 Å². The molecule has 1 N–H and O–H groups in total. The standard InChI is InChI=1S/C28H33FN2O7/c1-17(2)38-23-7-5-18(15-21(23)29)26(32)24-25(20-16-19(35-3)6-8-22(20)36-4)31(28(34)27(24)33)10-9-30-11-13-37-14-12-30/h5-8,15-17,25,32H,9-14H2,1-4H3/b26-24+. The van der Waals surface area contributed by atoms with Crippen molar-refractivity contribution in [3.05, 3.63) is 58.9 Å². The molecule has 1 amide bonds. The molecule has 0 aliphatic carbocycles. The molecule has 10 heteroatoms. The zero-order chi connectivity index (χ0) is 27.4. The molecule has 1 unspecified atom stereocenters. The normalized spacial score (nSPS) is 19.7. The van der Waals surface area contributed by atoms with Gasteiger partial charge in [0.15, 0.2) is 11.6 Å². The Bertz CT molecular complexity index is 1220. The summed E-state index contributed by atoms with van der Waals surface area (Å²) in [5.74, 6) is -1.87. The highest BCUT2D eigenvalue weighted by Gasteiger charge is 2.47. The SMILES string of the molecule is COc1ccc(OC)c(C2/C(=C(\O)c3ccc(OC(C)C)c(F)c3)C(=O)C(=O)N2CCN2CCOCC2)c1. The number of carbonyl (C=O) groups is 2. The van der Waals surface area contributed by atoms with Gasteiger partial charge in [0.25, 0.3) is 11.7 Å². The molecule has 38 heavy (non-hydrogen) atoms. The summed E-state index contributed by atoms with van der Waals surface area (Å²) >= 11 is 0. The number of methoxy groups -OCH3 is 2. The van der Waals surface area contributed by atoms with Crippen molar-refractivity contribution < 1.29 is 38.0 Å². The van der Waals surface area contributed by atoms with Crippen molar-refractivity contribution in [2.75, 3.05) is 53.6 Å². The Hall–Kier alpha value is -3.63. The van der Waals surface area contributed by atoms with Crippen LogP contribution in [0.25, 0.3) is 5.76 Å². The summed E-state index contributed by atoms with van der Waals surface area (Å²) < 4.78 is 36.6. The fourth-order valence-corrected chi connectivity index (χ4v) is 4.71. The number of hydrogen-bond donors (Lipinski definition) is 1. The number of ketones is 1. The van der Waals surface area contributed by atoms with Crippen LogP contribution in [-0.2, 0) is 14.3 Å². The summed E-state index contributed by atoms with van der Waals surface area (Å²) in [6.07, 6.45) is -0.249. The maximum Gasteiger partial charge on any atom is 0.295 e. The summed E-state index contributed by atoms with van der Waals surface area (Å²) in [5, 5.41) is 11.3. The van der Waals surface area contributed by atoms with Crippen LogP contribution in [0.2, 0.25) is 0 Å². The van der Waals surface area contributed by atoms with Crippen molar-refractivity contribution in [1.29, 1.82) is 0 Å². The monoisotopic (exact) mass is 528 g/mol. The van der Waals surface area contributed by atoms with Gasteiger partial charge in [0.1, 0.15) is 17.3 Å². The number of likely N-dealkylation sites (tertiary alicyclic amines) is 1. The van der Waals surface area contributed by atoms with Gasteiger partial charge in [-0.3, -0.25) is 14.5 Å². The van der Waals surface area contributed by atoms with E-state index in [4.69, 9.17) is 18.9 Å². The third-order valence-corrected chi connectivity index (χ3v) is 6.60. The Balaban J connectivity index is 1.81. The van der Waals surface area contributed by atoms with E-state index in [9.17, 15) is 19.1 Å². The molecule has 4 rings (SSSR count). The quantitative estimate of drug-likeness (QED) is 0.301. The molecule has 2 fully saturated rings. The van der Waals surface area contributed by atoms with Crippen LogP contribution in [0.3, 0.4) is 0 Å². The van der Waals surface area contributed by atoms with E-state index in [-0.39, 0.29) is 29.5 Å². The second-order valence-corrected chi connectivity index (χ2v) is 9.37. The Morgan fingerprint density at radius 1 is 1.05 bits per heavy atom. The zero-order valence-corrected chi connectivity index (χ0v) is 22.0. The van der Waals surface area contributed by atoms with Crippen LogP contribution in [-0.4, -0.2) is 86.3 Å². The van der Waals surface area contributed by atoms with Crippen molar-refractivity contribution in [2.24, 2.45) is 0 Å². The number of carbonyl (C=O) groups excluding carboxylic acids is 2. The minimum absolute atomic E-state index is 0.0218. The second-order valence-electron chi connectivity index (χ2n) is 9.37. The maximum absolute atomic E-state index is 14.8. The van der Waals surface area contributed by atoms with Crippen LogP contribution in [0.1, 0.15) is 31.0 Å². The van der Waals surface area contributed by atoms with Crippen molar-refractivity contribution in [1.82, 2.24) is 9.80 Å². The largest absolute Gasteiger partial charge is 0.507 e. The molecular weight excluding hydrogens is 495 g/mol. The topological polar surface area (TPSA) is 97.8 Å². The summed E-state index contributed by atoms with van der Waals surface area (Å²) in [6, 6.07) is 8.00. The average molecular weight is 529 g/mol. The van der Waals surface area contributed by atoms with Gasteiger partial charge in [-0.2, -0.15) is 0 Å². The van der Waals surface area contributed by atoms with E-state index in [0.717, 1.165) is 6.07 Å². The van der Waals surface area contributed by atoms with Crippen LogP contribution in [0.15, 0.2) is 42.0 Å². The zero-order valence-electron chi connectivity index (χ0n) is 22.0. The first-order chi connectivity index (χ1) is 18.2. The minimum Gasteiger partial charge on any atom is -0.507 e. The first kappa shape index (κ1) is 27.4. The van der Waals surface area contributed by atoms with Crippen LogP contribution in [0.5, 0.6) is 17.2 Å². The summed E-state index contributed by atoms with van der Waals surface area (Å²) in [5.41, 5.74) is 0.368. The van der Waals surface area contributed by atoms with Crippen LogP contribution < -0.4 is 14.2 Å². The lowest BCUT2D eigenvalue weighted by Gasteiger charge is -2.31. The predicted molar refractivity (Wildman–Crippen MR) is 138 cm³/mol. The first-order valence-corrected chi connectivity index (χ1v) is 12.5. The molecule has 2 aliphatic heterocycles. The number of Topliss-reactive ketones (excluding diaryl/α,β-unsaturated/α-hetero) is 1. The van der Waals surface area contributed by atoms with Gasteiger partial charge in [0.2, 0.25) is 0 Å². The third kappa shape index (κ3) is 5.61. The number of aliphatic hydroxyl groups excluding tert-OH is 1. The highest BCUT2D eigenvalue weighted by Crippen LogP contribution is 2.44. The van der Waals surface area contributed by atoms with Gasteiger partial charge in [-0.25, -0.2) is 4.39 Å². The predicted octanol–water partition coefficient (Wildman–Crippen LogP) is 3.38. The molecular formula is C28H33FN2O7. The minimum atomic E-state index is -0.976. The molecule has 204 valence electrons. The lowest BCUT2D eigenvalue weighted by atomic mass is 9.94. The lowest BCUT2D eigenvalue weighted by Crippen LogP contribution is -2.42. The Morgan fingerprint density at radius 2 is 1.76 bits per heavy atom. The summed E-state index contributed by atoms with van der Waals surface area (Å²) in [7, 11) is 2.98. The molecule has 2 aliphatic rings. The maximum atomic E-state index is 14.8. The lowest BCUT2D eigenvalue weighted by molar-refractivity contribution is -0.140. The molecule has 2 heterocycles. The van der Waals surface area contributed by atoms with Crippen molar-refractivity contribution in [2.45, 2.75) is 26.0 Å². The Morgan fingerprint density at radius 3 is 2.39 bits per heavy atom.